The molecule has 2 aromatic rings. The Morgan fingerprint density at radius 2 is 1.48 bits per heavy atom. The Hall–Kier alpha value is -3.55. The van der Waals surface area contributed by atoms with Gasteiger partial charge in [0.1, 0.15) is 0 Å². The van der Waals surface area contributed by atoms with Crippen molar-refractivity contribution in [2.45, 2.75) is 6.42 Å². The second-order valence-electron chi connectivity index (χ2n) is 6.97. The molecule has 29 heavy (non-hydrogen) atoms. The minimum Gasteiger partial charge on any atom is -0.339 e. The number of fused-ring (bicyclic) bond motifs is 1. The molecule has 8 heteroatoms. The van der Waals surface area contributed by atoms with Crippen molar-refractivity contribution in [3.63, 3.8) is 0 Å². The van der Waals surface area contributed by atoms with Gasteiger partial charge in [-0.05, 0) is 24.3 Å². The zero-order chi connectivity index (χ0) is 20.4. The van der Waals surface area contributed by atoms with Crippen LogP contribution in [0.15, 0.2) is 48.8 Å². The van der Waals surface area contributed by atoms with Crippen LogP contribution < -0.4 is 0 Å². The van der Waals surface area contributed by atoms with E-state index < -0.39 is 0 Å². The van der Waals surface area contributed by atoms with Crippen LogP contribution in [0.5, 0.6) is 0 Å². The topological polar surface area (TPSA) is 90.9 Å². The number of benzene rings is 1. The van der Waals surface area contributed by atoms with Crippen molar-refractivity contribution in [2.24, 2.45) is 0 Å². The highest BCUT2D eigenvalue weighted by Crippen LogP contribution is 2.22. The van der Waals surface area contributed by atoms with Crippen LogP contribution >= 0.6 is 0 Å². The second-order valence-corrected chi connectivity index (χ2v) is 6.97. The summed E-state index contributed by atoms with van der Waals surface area (Å²) in [5.74, 6) is -0.943. The number of piperazine rings is 1. The van der Waals surface area contributed by atoms with Gasteiger partial charge in [0.2, 0.25) is 5.91 Å². The van der Waals surface area contributed by atoms with E-state index in [0.29, 0.717) is 42.9 Å². The lowest BCUT2D eigenvalue weighted by Crippen LogP contribution is -2.51. The van der Waals surface area contributed by atoms with Gasteiger partial charge in [0.15, 0.2) is 0 Å². The van der Waals surface area contributed by atoms with E-state index in [2.05, 4.69) is 4.98 Å². The maximum absolute atomic E-state index is 12.6. The third-order valence-corrected chi connectivity index (χ3v) is 5.26. The van der Waals surface area contributed by atoms with Crippen molar-refractivity contribution in [3.05, 3.63) is 65.5 Å². The first kappa shape index (κ1) is 18.8. The Balaban J connectivity index is 1.29. The predicted octanol–water partition coefficient (Wildman–Crippen LogP) is 1.05. The molecule has 4 amide bonds. The average Bonchev–Trinajstić information content (AvgIpc) is 3.02. The number of amides is 4. The maximum atomic E-state index is 12.6. The molecule has 2 aliphatic heterocycles. The van der Waals surface area contributed by atoms with Crippen LogP contribution in [0, 0.1) is 0 Å². The third-order valence-electron chi connectivity index (χ3n) is 5.26. The standard InChI is InChI=1S/C21H20N4O4/c26-18(7-9-25-20(28)16-5-1-2-6-17(16)21(25)29)23-10-12-24(13-11-23)19(27)15-4-3-8-22-14-15/h1-6,8,14H,7,9-13H2. The lowest BCUT2D eigenvalue weighted by atomic mass is 10.1. The van der Waals surface area contributed by atoms with E-state index in [1.165, 1.54) is 6.20 Å². The van der Waals surface area contributed by atoms with Gasteiger partial charge in [-0.15, -0.1) is 0 Å². The largest absolute Gasteiger partial charge is 0.339 e. The first-order valence-electron chi connectivity index (χ1n) is 9.48. The molecule has 0 aliphatic carbocycles. The van der Waals surface area contributed by atoms with Gasteiger partial charge in [-0.3, -0.25) is 29.1 Å². The van der Waals surface area contributed by atoms with Gasteiger partial charge in [0.25, 0.3) is 17.7 Å². The normalized spacial score (nSPS) is 16.2. The van der Waals surface area contributed by atoms with E-state index in [1.807, 2.05) is 0 Å². The Kier molecular flexibility index (Phi) is 5.07. The Morgan fingerprint density at radius 1 is 0.862 bits per heavy atom. The van der Waals surface area contributed by atoms with Gasteiger partial charge in [-0.25, -0.2) is 0 Å². The molecule has 3 heterocycles. The smallest absolute Gasteiger partial charge is 0.261 e. The summed E-state index contributed by atoms with van der Waals surface area (Å²) in [6.07, 6.45) is 3.21. The molecule has 0 unspecified atom stereocenters. The molecule has 0 radical (unpaired) electrons. The van der Waals surface area contributed by atoms with Gasteiger partial charge in [0, 0.05) is 51.5 Å². The molecule has 0 saturated carbocycles. The third kappa shape index (κ3) is 3.61. The summed E-state index contributed by atoms with van der Waals surface area (Å²) in [6, 6.07) is 10.1. The molecule has 1 saturated heterocycles. The van der Waals surface area contributed by atoms with Crippen molar-refractivity contribution in [2.75, 3.05) is 32.7 Å². The molecule has 0 bridgehead atoms. The molecule has 1 fully saturated rings. The molecule has 0 N–H and O–H groups in total. The SMILES string of the molecule is O=C(CCN1C(=O)c2ccccc2C1=O)N1CCN(C(=O)c2cccnc2)CC1. The van der Waals surface area contributed by atoms with Gasteiger partial charge >= 0.3 is 0 Å². The van der Waals surface area contributed by atoms with Crippen LogP contribution in [0.3, 0.4) is 0 Å². The summed E-state index contributed by atoms with van der Waals surface area (Å²) in [5.41, 5.74) is 1.29. The fourth-order valence-electron chi connectivity index (χ4n) is 3.64. The number of hydrogen-bond acceptors (Lipinski definition) is 5. The lowest BCUT2D eigenvalue weighted by Gasteiger charge is -2.35. The zero-order valence-electron chi connectivity index (χ0n) is 15.8. The van der Waals surface area contributed by atoms with Crippen LogP contribution in [0.2, 0.25) is 0 Å². The summed E-state index contributed by atoms with van der Waals surface area (Å²) < 4.78 is 0. The van der Waals surface area contributed by atoms with Crippen LogP contribution in [0.4, 0.5) is 0 Å². The Morgan fingerprint density at radius 3 is 2.07 bits per heavy atom. The van der Waals surface area contributed by atoms with E-state index >= 15 is 0 Å². The van der Waals surface area contributed by atoms with Crippen molar-refractivity contribution >= 4 is 23.6 Å². The lowest BCUT2D eigenvalue weighted by molar-refractivity contribution is -0.132. The highest BCUT2D eigenvalue weighted by Gasteiger charge is 2.35. The summed E-state index contributed by atoms with van der Waals surface area (Å²) in [4.78, 5) is 58.2. The molecule has 8 nitrogen and oxygen atoms in total. The Labute approximate surface area is 167 Å². The number of carbonyl (C=O) groups is 4. The van der Waals surface area contributed by atoms with E-state index in [-0.39, 0.29) is 36.6 Å². The van der Waals surface area contributed by atoms with E-state index in [0.717, 1.165) is 4.90 Å². The quantitative estimate of drug-likeness (QED) is 0.726. The van der Waals surface area contributed by atoms with Gasteiger partial charge in [-0.2, -0.15) is 0 Å². The summed E-state index contributed by atoms with van der Waals surface area (Å²) in [6.45, 7) is 1.78. The number of aromatic nitrogens is 1. The highest BCUT2D eigenvalue weighted by molar-refractivity contribution is 6.21. The average molecular weight is 392 g/mol. The number of imide groups is 1. The van der Waals surface area contributed by atoms with E-state index in [1.54, 1.807) is 52.4 Å². The molecule has 2 aliphatic rings. The molecule has 4 rings (SSSR count). The van der Waals surface area contributed by atoms with Gasteiger partial charge in [0.05, 0.1) is 16.7 Å². The first-order valence-corrected chi connectivity index (χ1v) is 9.48. The van der Waals surface area contributed by atoms with Crippen molar-refractivity contribution in [1.29, 1.82) is 0 Å². The number of rotatable bonds is 4. The fraction of sp³-hybridized carbons (Fsp3) is 0.286. The van der Waals surface area contributed by atoms with Crippen molar-refractivity contribution in [1.82, 2.24) is 19.7 Å². The van der Waals surface area contributed by atoms with Crippen LogP contribution in [-0.2, 0) is 4.79 Å². The number of carbonyl (C=O) groups excluding carboxylic acids is 4. The zero-order valence-corrected chi connectivity index (χ0v) is 15.8. The van der Waals surface area contributed by atoms with Crippen molar-refractivity contribution in [3.8, 4) is 0 Å². The van der Waals surface area contributed by atoms with Crippen LogP contribution in [-0.4, -0.2) is 76.0 Å². The van der Waals surface area contributed by atoms with Gasteiger partial charge < -0.3 is 9.80 Å². The predicted molar refractivity (Wildman–Crippen MR) is 103 cm³/mol. The molecule has 1 aromatic heterocycles. The van der Waals surface area contributed by atoms with Crippen molar-refractivity contribution < 1.29 is 19.2 Å². The second kappa shape index (κ2) is 7.83. The van der Waals surface area contributed by atoms with Gasteiger partial charge in [-0.1, -0.05) is 12.1 Å². The Bertz CT molecular complexity index is 933. The summed E-state index contributed by atoms with van der Waals surface area (Å²) in [5, 5.41) is 0. The number of pyridine rings is 1. The monoisotopic (exact) mass is 392 g/mol. The molecule has 0 spiro atoms. The number of nitrogens with zero attached hydrogens (tertiary/aromatic N) is 4. The van der Waals surface area contributed by atoms with E-state index in [9.17, 15) is 19.2 Å². The first-order chi connectivity index (χ1) is 14.1. The minimum absolute atomic E-state index is 0.0556. The molecular formula is C21H20N4O4. The number of hydrogen-bond donors (Lipinski definition) is 0. The minimum atomic E-state index is -0.356. The fourth-order valence-corrected chi connectivity index (χ4v) is 3.64. The summed E-state index contributed by atoms with van der Waals surface area (Å²) in [7, 11) is 0. The molecule has 1 aromatic carbocycles. The molecule has 0 atom stereocenters. The summed E-state index contributed by atoms with van der Waals surface area (Å²) >= 11 is 0. The van der Waals surface area contributed by atoms with Crippen LogP contribution in [0.1, 0.15) is 37.5 Å². The highest BCUT2D eigenvalue weighted by atomic mass is 16.2. The molecular weight excluding hydrogens is 372 g/mol. The maximum Gasteiger partial charge on any atom is 0.261 e. The van der Waals surface area contributed by atoms with Crippen LogP contribution in [0.25, 0.3) is 0 Å². The van der Waals surface area contributed by atoms with E-state index in [4.69, 9.17) is 0 Å². The molecule has 148 valence electrons.